The number of carbonyl (C=O) groups excluding carboxylic acids is 2. The van der Waals surface area contributed by atoms with Gasteiger partial charge in [0.25, 0.3) is 5.91 Å². The van der Waals surface area contributed by atoms with Gasteiger partial charge in [0.1, 0.15) is 5.69 Å². The topological polar surface area (TPSA) is 109 Å². The van der Waals surface area contributed by atoms with E-state index in [0.717, 1.165) is 6.42 Å². The highest BCUT2D eigenvalue weighted by Crippen LogP contribution is 2.27. The number of hydrogen-bond donors (Lipinski definition) is 2. The van der Waals surface area contributed by atoms with E-state index in [-0.39, 0.29) is 10.6 Å². The molecule has 0 radical (unpaired) electrons. The predicted octanol–water partition coefficient (Wildman–Crippen LogP) is 2.48. The second-order valence-electron chi connectivity index (χ2n) is 7.50. The van der Waals surface area contributed by atoms with Crippen molar-refractivity contribution in [3.05, 3.63) is 48.3 Å². The summed E-state index contributed by atoms with van der Waals surface area (Å²) >= 11 is 0. The van der Waals surface area contributed by atoms with Gasteiger partial charge in [0, 0.05) is 25.0 Å². The second kappa shape index (κ2) is 8.79. The van der Waals surface area contributed by atoms with Gasteiger partial charge in [0.15, 0.2) is 6.61 Å². The van der Waals surface area contributed by atoms with Crippen LogP contribution < -0.4 is 5.32 Å². The molecule has 1 saturated heterocycles. The minimum atomic E-state index is -3.57. The van der Waals surface area contributed by atoms with Crippen LogP contribution in [0.2, 0.25) is 0 Å². The third-order valence-electron chi connectivity index (χ3n) is 4.76. The van der Waals surface area contributed by atoms with E-state index in [1.165, 1.54) is 28.6 Å². The van der Waals surface area contributed by atoms with Crippen LogP contribution in [-0.4, -0.2) is 49.3 Å². The zero-order valence-electron chi connectivity index (χ0n) is 16.4. The second-order valence-corrected chi connectivity index (χ2v) is 9.44. The Labute approximate surface area is 170 Å². The van der Waals surface area contributed by atoms with Crippen molar-refractivity contribution in [2.24, 2.45) is 11.8 Å². The SMILES string of the molecule is C[C@@H]1C[C@@H](C)CN(S(=O)(=O)c2ccc(NC(=O)COC(=O)c3ccc[nH]3)cc2)C1. The lowest BCUT2D eigenvalue weighted by Gasteiger charge is -2.34. The van der Waals surface area contributed by atoms with Gasteiger partial charge in [-0.25, -0.2) is 13.2 Å². The Morgan fingerprint density at radius 3 is 2.38 bits per heavy atom. The zero-order chi connectivity index (χ0) is 21.0. The van der Waals surface area contributed by atoms with Gasteiger partial charge in [-0.1, -0.05) is 13.8 Å². The summed E-state index contributed by atoms with van der Waals surface area (Å²) in [6, 6.07) is 9.18. The van der Waals surface area contributed by atoms with Crippen molar-refractivity contribution in [2.75, 3.05) is 25.0 Å². The Morgan fingerprint density at radius 1 is 1.14 bits per heavy atom. The summed E-state index contributed by atoms with van der Waals surface area (Å²) in [4.78, 5) is 26.6. The lowest BCUT2D eigenvalue weighted by atomic mass is 9.94. The zero-order valence-corrected chi connectivity index (χ0v) is 17.2. The van der Waals surface area contributed by atoms with Crippen LogP contribution in [0.4, 0.5) is 5.69 Å². The first-order valence-corrected chi connectivity index (χ1v) is 10.9. The van der Waals surface area contributed by atoms with E-state index >= 15 is 0 Å². The molecule has 1 amide bonds. The number of hydrogen-bond acceptors (Lipinski definition) is 5. The summed E-state index contributed by atoms with van der Waals surface area (Å²) in [6.45, 7) is 4.69. The average molecular weight is 420 g/mol. The molecule has 8 nitrogen and oxygen atoms in total. The number of carbonyl (C=O) groups is 2. The Hall–Kier alpha value is -2.65. The molecular formula is C20H25N3O5S. The molecule has 0 bridgehead atoms. The molecule has 0 spiro atoms. The van der Waals surface area contributed by atoms with Gasteiger partial charge >= 0.3 is 5.97 Å². The van der Waals surface area contributed by atoms with Crippen LogP contribution in [0.25, 0.3) is 0 Å². The van der Waals surface area contributed by atoms with Crippen molar-refractivity contribution in [1.82, 2.24) is 9.29 Å². The molecule has 2 aromatic rings. The minimum absolute atomic E-state index is 0.190. The molecule has 156 valence electrons. The fraction of sp³-hybridized carbons (Fsp3) is 0.400. The summed E-state index contributed by atoms with van der Waals surface area (Å²) in [5, 5.41) is 2.58. The molecule has 1 aromatic carbocycles. The highest BCUT2D eigenvalue weighted by Gasteiger charge is 2.31. The molecule has 1 fully saturated rings. The van der Waals surface area contributed by atoms with Crippen LogP contribution in [-0.2, 0) is 19.6 Å². The minimum Gasteiger partial charge on any atom is -0.451 e. The maximum Gasteiger partial charge on any atom is 0.355 e. The van der Waals surface area contributed by atoms with Crippen LogP contribution in [0.3, 0.4) is 0 Å². The summed E-state index contributed by atoms with van der Waals surface area (Å²) < 4.78 is 32.2. The first kappa shape index (κ1) is 21.1. The van der Waals surface area contributed by atoms with E-state index < -0.39 is 28.5 Å². The molecule has 0 aliphatic carbocycles. The molecular weight excluding hydrogens is 394 g/mol. The van der Waals surface area contributed by atoms with Crippen LogP contribution in [0.5, 0.6) is 0 Å². The van der Waals surface area contributed by atoms with Gasteiger partial charge in [0.05, 0.1) is 4.90 Å². The third kappa shape index (κ3) is 5.24. The van der Waals surface area contributed by atoms with Crippen molar-refractivity contribution >= 4 is 27.6 Å². The molecule has 1 aliphatic heterocycles. The van der Waals surface area contributed by atoms with Crippen molar-refractivity contribution < 1.29 is 22.7 Å². The number of anilines is 1. The fourth-order valence-corrected chi connectivity index (χ4v) is 5.20. The Kier molecular flexibility index (Phi) is 6.39. The van der Waals surface area contributed by atoms with E-state index in [9.17, 15) is 18.0 Å². The highest BCUT2D eigenvalue weighted by molar-refractivity contribution is 7.89. The predicted molar refractivity (Wildman–Crippen MR) is 108 cm³/mol. The standard InChI is InChI=1S/C20H25N3O5S/c1-14-10-15(2)12-23(11-14)29(26,27)17-7-5-16(6-8-17)22-19(24)13-28-20(25)18-4-3-9-21-18/h3-9,14-15,21H,10-13H2,1-2H3,(H,22,24)/t14-,15-/m1/s1. The molecule has 29 heavy (non-hydrogen) atoms. The monoisotopic (exact) mass is 419 g/mol. The Bertz CT molecular complexity index is 945. The maximum atomic E-state index is 12.9. The van der Waals surface area contributed by atoms with Crippen molar-refractivity contribution in [3.63, 3.8) is 0 Å². The molecule has 1 aliphatic rings. The number of H-pyrrole nitrogens is 1. The summed E-state index contributed by atoms with van der Waals surface area (Å²) in [6.07, 6.45) is 2.60. The van der Waals surface area contributed by atoms with Crippen molar-refractivity contribution in [2.45, 2.75) is 25.2 Å². The van der Waals surface area contributed by atoms with E-state index in [1.807, 2.05) is 0 Å². The molecule has 1 aromatic heterocycles. The highest BCUT2D eigenvalue weighted by atomic mass is 32.2. The first-order chi connectivity index (χ1) is 13.8. The van der Waals surface area contributed by atoms with Gasteiger partial charge in [0.2, 0.25) is 10.0 Å². The van der Waals surface area contributed by atoms with Crippen LogP contribution in [0.1, 0.15) is 30.8 Å². The van der Waals surface area contributed by atoms with E-state index in [4.69, 9.17) is 4.74 Å². The number of benzene rings is 1. The number of amides is 1. The molecule has 9 heteroatoms. The number of rotatable bonds is 6. The normalized spacial score (nSPS) is 20.2. The molecule has 3 rings (SSSR count). The molecule has 0 unspecified atom stereocenters. The van der Waals surface area contributed by atoms with Crippen LogP contribution in [0.15, 0.2) is 47.5 Å². The molecule has 2 N–H and O–H groups in total. The van der Waals surface area contributed by atoms with E-state index in [0.29, 0.717) is 30.6 Å². The Balaban J connectivity index is 1.58. The number of aromatic nitrogens is 1. The van der Waals surface area contributed by atoms with Crippen molar-refractivity contribution in [3.8, 4) is 0 Å². The number of piperidine rings is 1. The van der Waals surface area contributed by atoms with E-state index in [2.05, 4.69) is 24.1 Å². The third-order valence-corrected chi connectivity index (χ3v) is 6.61. The summed E-state index contributed by atoms with van der Waals surface area (Å²) in [5.41, 5.74) is 0.680. The maximum absolute atomic E-state index is 12.9. The molecule has 0 saturated carbocycles. The number of ether oxygens (including phenoxy) is 1. The van der Waals surface area contributed by atoms with Gasteiger partial charge in [-0.2, -0.15) is 4.31 Å². The fourth-order valence-electron chi connectivity index (χ4n) is 3.52. The number of nitrogens with zero attached hydrogens (tertiary/aromatic N) is 1. The molecule has 2 atom stereocenters. The first-order valence-electron chi connectivity index (χ1n) is 9.46. The Morgan fingerprint density at radius 2 is 1.79 bits per heavy atom. The summed E-state index contributed by atoms with van der Waals surface area (Å²) in [5.74, 6) is -0.502. The molecule has 2 heterocycles. The average Bonchev–Trinajstić information content (AvgIpc) is 3.21. The van der Waals surface area contributed by atoms with Gasteiger partial charge in [-0.15, -0.1) is 0 Å². The van der Waals surface area contributed by atoms with Crippen molar-refractivity contribution in [1.29, 1.82) is 0 Å². The smallest absolute Gasteiger partial charge is 0.355 e. The number of aromatic amines is 1. The number of sulfonamides is 1. The largest absolute Gasteiger partial charge is 0.451 e. The van der Waals surface area contributed by atoms with Crippen LogP contribution in [0, 0.1) is 11.8 Å². The van der Waals surface area contributed by atoms with Gasteiger partial charge in [-0.05, 0) is 54.7 Å². The van der Waals surface area contributed by atoms with Gasteiger partial charge in [-0.3, -0.25) is 4.79 Å². The lowest BCUT2D eigenvalue weighted by Crippen LogP contribution is -2.42. The quantitative estimate of drug-likeness (QED) is 0.699. The van der Waals surface area contributed by atoms with Crippen LogP contribution >= 0.6 is 0 Å². The number of esters is 1. The van der Waals surface area contributed by atoms with Gasteiger partial charge < -0.3 is 15.0 Å². The van der Waals surface area contributed by atoms with E-state index in [1.54, 1.807) is 18.3 Å². The number of nitrogens with one attached hydrogen (secondary N) is 2. The summed E-state index contributed by atoms with van der Waals surface area (Å²) in [7, 11) is -3.57. The lowest BCUT2D eigenvalue weighted by molar-refractivity contribution is -0.119.